The lowest BCUT2D eigenvalue weighted by Gasteiger charge is -2.06. The van der Waals surface area contributed by atoms with Crippen LogP contribution in [0, 0.1) is 0 Å². The molecule has 5 nitrogen and oxygen atoms in total. The fourth-order valence-electron chi connectivity index (χ4n) is 2.22. The van der Waals surface area contributed by atoms with Gasteiger partial charge in [-0.15, -0.1) is 0 Å². The Morgan fingerprint density at radius 1 is 1.25 bits per heavy atom. The van der Waals surface area contributed by atoms with Crippen LogP contribution in [0.15, 0.2) is 47.4 Å². The maximum absolute atomic E-state index is 12.0. The number of fused-ring (bicyclic) bond motifs is 1. The normalized spacial score (nSPS) is 11.1. The van der Waals surface area contributed by atoms with Crippen LogP contribution < -0.4 is 10.9 Å². The summed E-state index contributed by atoms with van der Waals surface area (Å²) < 4.78 is 1.82. The standard InChI is InChI=1S/C15H16N4O/c1-19-13(6-7-17-19)10-16-9-12-8-11-4-2-3-5-14(11)18-15(12)20/h2-8,16H,9-10H2,1H3,(H,18,20). The molecule has 0 aliphatic carbocycles. The Labute approximate surface area is 116 Å². The van der Waals surface area contributed by atoms with Crippen molar-refractivity contribution in [3.63, 3.8) is 0 Å². The summed E-state index contributed by atoms with van der Waals surface area (Å²) in [4.78, 5) is 14.9. The van der Waals surface area contributed by atoms with Gasteiger partial charge in [0.2, 0.25) is 0 Å². The third-order valence-electron chi connectivity index (χ3n) is 3.37. The predicted octanol–water partition coefficient (Wildman–Crippen LogP) is 1.55. The van der Waals surface area contributed by atoms with Crippen molar-refractivity contribution >= 4 is 10.9 Å². The van der Waals surface area contributed by atoms with Crippen molar-refractivity contribution < 1.29 is 0 Å². The van der Waals surface area contributed by atoms with E-state index in [0.717, 1.165) is 22.2 Å². The number of nitrogens with one attached hydrogen (secondary N) is 2. The summed E-state index contributed by atoms with van der Waals surface area (Å²) in [6, 6.07) is 11.7. The molecular formula is C15H16N4O. The lowest BCUT2D eigenvalue weighted by molar-refractivity contribution is 0.624. The molecule has 0 spiro atoms. The fourth-order valence-corrected chi connectivity index (χ4v) is 2.22. The van der Waals surface area contributed by atoms with Gasteiger partial charge in [-0.3, -0.25) is 9.48 Å². The van der Waals surface area contributed by atoms with Gasteiger partial charge in [-0.25, -0.2) is 0 Å². The molecule has 0 saturated carbocycles. The molecule has 2 aromatic heterocycles. The maximum Gasteiger partial charge on any atom is 0.252 e. The molecule has 0 atom stereocenters. The van der Waals surface area contributed by atoms with Gasteiger partial charge in [-0.05, 0) is 23.6 Å². The monoisotopic (exact) mass is 268 g/mol. The van der Waals surface area contributed by atoms with Crippen LogP contribution in [0.5, 0.6) is 0 Å². The van der Waals surface area contributed by atoms with E-state index in [1.807, 2.05) is 48.1 Å². The van der Waals surface area contributed by atoms with E-state index in [-0.39, 0.29) is 5.56 Å². The van der Waals surface area contributed by atoms with E-state index in [0.29, 0.717) is 13.1 Å². The van der Waals surface area contributed by atoms with E-state index in [1.165, 1.54) is 0 Å². The Morgan fingerprint density at radius 3 is 2.90 bits per heavy atom. The summed E-state index contributed by atoms with van der Waals surface area (Å²) in [6.07, 6.45) is 1.76. The average molecular weight is 268 g/mol. The van der Waals surface area contributed by atoms with Crippen LogP contribution in [0.2, 0.25) is 0 Å². The first kappa shape index (κ1) is 12.6. The zero-order chi connectivity index (χ0) is 13.9. The third kappa shape index (κ3) is 2.48. The van der Waals surface area contributed by atoms with Crippen LogP contribution in [0.25, 0.3) is 10.9 Å². The highest BCUT2D eigenvalue weighted by atomic mass is 16.1. The molecule has 1 aromatic carbocycles. The van der Waals surface area contributed by atoms with E-state index >= 15 is 0 Å². The first-order valence-electron chi connectivity index (χ1n) is 6.52. The highest BCUT2D eigenvalue weighted by molar-refractivity contribution is 5.78. The van der Waals surface area contributed by atoms with E-state index in [2.05, 4.69) is 15.4 Å². The minimum Gasteiger partial charge on any atom is -0.322 e. The zero-order valence-corrected chi connectivity index (χ0v) is 11.3. The molecular weight excluding hydrogens is 252 g/mol. The molecule has 0 fully saturated rings. The van der Waals surface area contributed by atoms with Gasteiger partial charge < -0.3 is 10.3 Å². The summed E-state index contributed by atoms with van der Waals surface area (Å²) in [5, 5.41) is 8.42. The van der Waals surface area contributed by atoms with Gasteiger partial charge in [-0.2, -0.15) is 5.10 Å². The third-order valence-corrected chi connectivity index (χ3v) is 3.37. The van der Waals surface area contributed by atoms with Crippen molar-refractivity contribution in [2.24, 2.45) is 7.05 Å². The van der Waals surface area contributed by atoms with Gasteiger partial charge in [0.05, 0.1) is 5.69 Å². The van der Waals surface area contributed by atoms with Crippen molar-refractivity contribution in [3.05, 3.63) is 64.2 Å². The second-order valence-electron chi connectivity index (χ2n) is 4.76. The largest absolute Gasteiger partial charge is 0.322 e. The number of aryl methyl sites for hydroxylation is 1. The maximum atomic E-state index is 12.0. The van der Waals surface area contributed by atoms with Crippen LogP contribution >= 0.6 is 0 Å². The SMILES string of the molecule is Cn1nccc1CNCc1cc2ccccc2[nH]c1=O. The van der Waals surface area contributed by atoms with Crippen molar-refractivity contribution in [1.82, 2.24) is 20.1 Å². The van der Waals surface area contributed by atoms with E-state index in [9.17, 15) is 4.79 Å². The first-order chi connectivity index (χ1) is 9.74. The lowest BCUT2D eigenvalue weighted by Crippen LogP contribution is -2.21. The summed E-state index contributed by atoms with van der Waals surface area (Å²) >= 11 is 0. The van der Waals surface area contributed by atoms with Crippen molar-refractivity contribution in [1.29, 1.82) is 0 Å². The number of pyridine rings is 1. The van der Waals surface area contributed by atoms with Gasteiger partial charge >= 0.3 is 0 Å². The van der Waals surface area contributed by atoms with Crippen LogP contribution in [-0.4, -0.2) is 14.8 Å². The zero-order valence-electron chi connectivity index (χ0n) is 11.3. The Balaban J connectivity index is 1.76. The molecule has 0 bridgehead atoms. The Hall–Kier alpha value is -2.40. The second-order valence-corrected chi connectivity index (χ2v) is 4.76. The molecule has 102 valence electrons. The predicted molar refractivity (Wildman–Crippen MR) is 78.3 cm³/mol. The number of rotatable bonds is 4. The summed E-state index contributed by atoms with van der Waals surface area (Å²) in [5.41, 5.74) is 2.65. The second kappa shape index (κ2) is 5.30. The van der Waals surface area contributed by atoms with Gasteiger partial charge in [-0.1, -0.05) is 18.2 Å². The highest BCUT2D eigenvalue weighted by Gasteiger charge is 2.03. The molecule has 5 heteroatoms. The fraction of sp³-hybridized carbons (Fsp3) is 0.200. The van der Waals surface area contributed by atoms with Crippen molar-refractivity contribution in [2.75, 3.05) is 0 Å². The molecule has 2 N–H and O–H groups in total. The molecule has 2 heterocycles. The molecule has 20 heavy (non-hydrogen) atoms. The minimum absolute atomic E-state index is 0.0405. The van der Waals surface area contributed by atoms with Crippen LogP contribution in [-0.2, 0) is 20.1 Å². The molecule has 3 aromatic rings. The molecule has 0 amide bonds. The van der Waals surface area contributed by atoms with Gasteiger partial charge in [0.25, 0.3) is 5.56 Å². The molecule has 0 aliphatic rings. The van der Waals surface area contributed by atoms with E-state index in [4.69, 9.17) is 0 Å². The Kier molecular flexibility index (Phi) is 3.35. The first-order valence-corrected chi connectivity index (χ1v) is 6.52. The highest BCUT2D eigenvalue weighted by Crippen LogP contribution is 2.10. The van der Waals surface area contributed by atoms with E-state index in [1.54, 1.807) is 6.20 Å². The Bertz CT molecular complexity index is 788. The van der Waals surface area contributed by atoms with Crippen molar-refractivity contribution in [2.45, 2.75) is 13.1 Å². The Morgan fingerprint density at radius 2 is 2.10 bits per heavy atom. The smallest absolute Gasteiger partial charge is 0.252 e. The summed E-state index contributed by atoms with van der Waals surface area (Å²) in [7, 11) is 1.90. The van der Waals surface area contributed by atoms with Crippen LogP contribution in [0.3, 0.4) is 0 Å². The summed E-state index contributed by atoms with van der Waals surface area (Å²) in [6.45, 7) is 1.22. The molecule has 0 unspecified atom stereocenters. The molecule has 3 rings (SSSR count). The van der Waals surface area contributed by atoms with Gasteiger partial charge in [0.1, 0.15) is 0 Å². The van der Waals surface area contributed by atoms with Crippen LogP contribution in [0.4, 0.5) is 0 Å². The molecule has 0 saturated heterocycles. The van der Waals surface area contributed by atoms with Crippen LogP contribution in [0.1, 0.15) is 11.3 Å². The number of nitrogens with zero attached hydrogens (tertiary/aromatic N) is 2. The number of H-pyrrole nitrogens is 1. The lowest BCUT2D eigenvalue weighted by atomic mass is 10.1. The topological polar surface area (TPSA) is 62.7 Å². The van der Waals surface area contributed by atoms with Gasteiger partial charge in [0, 0.05) is 37.4 Å². The summed E-state index contributed by atoms with van der Waals surface area (Å²) in [5.74, 6) is 0. The number of aromatic nitrogens is 3. The molecule has 0 radical (unpaired) electrons. The minimum atomic E-state index is -0.0405. The molecule has 0 aliphatic heterocycles. The number of aromatic amines is 1. The average Bonchev–Trinajstić information content (AvgIpc) is 2.85. The number of hydrogen-bond donors (Lipinski definition) is 2. The van der Waals surface area contributed by atoms with Crippen molar-refractivity contribution in [3.8, 4) is 0 Å². The number of hydrogen-bond acceptors (Lipinski definition) is 3. The quantitative estimate of drug-likeness (QED) is 0.754. The van der Waals surface area contributed by atoms with Gasteiger partial charge in [0.15, 0.2) is 0 Å². The number of para-hydroxylation sites is 1. The van der Waals surface area contributed by atoms with E-state index < -0.39 is 0 Å². The number of benzene rings is 1.